The van der Waals surface area contributed by atoms with Crippen LogP contribution < -0.4 is 5.32 Å². The van der Waals surface area contributed by atoms with E-state index in [2.05, 4.69) is 27.7 Å². The van der Waals surface area contributed by atoms with Gasteiger partial charge in [-0.25, -0.2) is 0 Å². The van der Waals surface area contributed by atoms with Crippen molar-refractivity contribution < 1.29 is 9.59 Å². The lowest BCUT2D eigenvalue weighted by molar-refractivity contribution is -0.121. The number of azo groups is 1. The first-order valence-corrected chi connectivity index (χ1v) is 8.60. The van der Waals surface area contributed by atoms with Crippen molar-refractivity contribution in [2.75, 3.05) is 0 Å². The Labute approximate surface area is 145 Å². The van der Waals surface area contributed by atoms with Crippen LogP contribution in [-0.4, -0.2) is 23.9 Å². The molecule has 2 aliphatic rings. The van der Waals surface area contributed by atoms with Gasteiger partial charge < -0.3 is 5.32 Å². The molecule has 126 valence electrons. The molecule has 1 N–H and O–H groups in total. The maximum Gasteiger partial charge on any atom is 0.287 e. The topological polar surface area (TPSA) is 70.9 Å². The number of nitrogens with zero attached hydrogens (tertiary/aromatic N) is 2. The average Bonchev–Trinajstić information content (AvgIpc) is 2.61. The van der Waals surface area contributed by atoms with Crippen LogP contribution in [0.1, 0.15) is 24.8 Å². The second-order valence-corrected chi connectivity index (χ2v) is 6.65. The Morgan fingerprint density at radius 1 is 1.12 bits per heavy atom. The Kier molecular flexibility index (Phi) is 4.14. The molecule has 4 rings (SSSR count). The van der Waals surface area contributed by atoms with Gasteiger partial charge in [-0.3, -0.25) is 9.59 Å². The standard InChI is InChI=1S/C20H19N3O2/c24-19(11-14-6-3-5-13-4-1-2-7-17(13)14)21-16-8-9-18-15(10-16)12-20(25)23-22-18/h1-7,12,16,18H,8-11H2,(H,21,24). The summed E-state index contributed by atoms with van der Waals surface area (Å²) < 4.78 is 0. The highest BCUT2D eigenvalue weighted by Gasteiger charge is 2.29. The van der Waals surface area contributed by atoms with Crippen molar-refractivity contribution in [1.82, 2.24) is 5.32 Å². The molecule has 1 aliphatic heterocycles. The summed E-state index contributed by atoms with van der Waals surface area (Å²) in [6, 6.07) is 14.2. The predicted molar refractivity (Wildman–Crippen MR) is 95.2 cm³/mol. The minimum Gasteiger partial charge on any atom is -0.353 e. The number of fused-ring (bicyclic) bond motifs is 2. The van der Waals surface area contributed by atoms with E-state index in [4.69, 9.17) is 0 Å². The minimum atomic E-state index is -0.297. The van der Waals surface area contributed by atoms with Crippen molar-refractivity contribution in [1.29, 1.82) is 0 Å². The Morgan fingerprint density at radius 3 is 2.88 bits per heavy atom. The van der Waals surface area contributed by atoms with Gasteiger partial charge in [-0.1, -0.05) is 42.5 Å². The summed E-state index contributed by atoms with van der Waals surface area (Å²) in [5, 5.41) is 13.0. The Morgan fingerprint density at radius 2 is 1.96 bits per heavy atom. The first-order chi connectivity index (χ1) is 12.2. The van der Waals surface area contributed by atoms with Crippen LogP contribution in [0, 0.1) is 0 Å². The third-order valence-electron chi connectivity index (χ3n) is 4.90. The van der Waals surface area contributed by atoms with Crippen LogP contribution in [0.5, 0.6) is 0 Å². The zero-order valence-electron chi connectivity index (χ0n) is 13.8. The van der Waals surface area contributed by atoms with Crippen molar-refractivity contribution in [3.63, 3.8) is 0 Å². The van der Waals surface area contributed by atoms with Crippen molar-refractivity contribution in [2.45, 2.75) is 37.8 Å². The van der Waals surface area contributed by atoms with Crippen LogP contribution in [0.3, 0.4) is 0 Å². The summed E-state index contributed by atoms with van der Waals surface area (Å²) in [5.41, 5.74) is 2.02. The minimum absolute atomic E-state index is 0.0175. The number of benzene rings is 2. The Bertz CT molecular complexity index is 895. The highest BCUT2D eigenvalue weighted by molar-refractivity contribution is 5.91. The molecule has 0 spiro atoms. The molecule has 1 fully saturated rings. The molecular weight excluding hydrogens is 314 g/mol. The first-order valence-electron chi connectivity index (χ1n) is 8.60. The van der Waals surface area contributed by atoms with Crippen molar-refractivity contribution in [3.8, 4) is 0 Å². The molecule has 1 heterocycles. The van der Waals surface area contributed by atoms with E-state index in [0.29, 0.717) is 12.8 Å². The fourth-order valence-electron chi connectivity index (χ4n) is 3.69. The van der Waals surface area contributed by atoms with Crippen LogP contribution in [-0.2, 0) is 16.0 Å². The lowest BCUT2D eigenvalue weighted by Gasteiger charge is -2.30. The molecule has 0 radical (unpaired) electrons. The van der Waals surface area contributed by atoms with Gasteiger partial charge in [0.1, 0.15) is 0 Å². The largest absolute Gasteiger partial charge is 0.353 e. The van der Waals surface area contributed by atoms with E-state index in [1.165, 1.54) is 0 Å². The van der Waals surface area contributed by atoms with Gasteiger partial charge in [0.2, 0.25) is 5.91 Å². The molecule has 0 saturated heterocycles. The van der Waals surface area contributed by atoms with E-state index in [9.17, 15) is 9.59 Å². The van der Waals surface area contributed by atoms with E-state index >= 15 is 0 Å². The number of amides is 2. The number of hydrogen-bond acceptors (Lipinski definition) is 3. The summed E-state index contributed by atoms with van der Waals surface area (Å²) in [7, 11) is 0. The van der Waals surface area contributed by atoms with Gasteiger partial charge in [0.15, 0.2) is 0 Å². The van der Waals surface area contributed by atoms with Gasteiger partial charge in [0.05, 0.1) is 12.5 Å². The molecule has 5 heteroatoms. The Balaban J connectivity index is 1.43. The summed E-state index contributed by atoms with van der Waals surface area (Å²) in [6.07, 6.45) is 4.29. The number of nitrogens with one attached hydrogen (secondary N) is 1. The molecule has 0 aromatic heterocycles. The highest BCUT2D eigenvalue weighted by Crippen LogP contribution is 2.29. The molecule has 2 atom stereocenters. The number of carbonyl (C=O) groups excluding carboxylic acids is 2. The van der Waals surface area contributed by atoms with Crippen molar-refractivity contribution >= 4 is 22.6 Å². The van der Waals surface area contributed by atoms with Gasteiger partial charge in [0.25, 0.3) is 5.91 Å². The quantitative estimate of drug-likeness (QED) is 0.936. The molecule has 2 aromatic rings. The van der Waals surface area contributed by atoms with E-state index in [1.54, 1.807) is 6.08 Å². The van der Waals surface area contributed by atoms with Gasteiger partial charge in [0, 0.05) is 12.1 Å². The predicted octanol–water partition coefficient (Wildman–Crippen LogP) is 3.34. The fraction of sp³-hybridized carbons (Fsp3) is 0.300. The molecule has 0 bridgehead atoms. The van der Waals surface area contributed by atoms with Gasteiger partial charge in [-0.2, -0.15) is 5.11 Å². The second kappa shape index (κ2) is 6.59. The third-order valence-corrected chi connectivity index (χ3v) is 4.90. The smallest absolute Gasteiger partial charge is 0.287 e. The molecule has 25 heavy (non-hydrogen) atoms. The van der Waals surface area contributed by atoms with Gasteiger partial charge in [-0.15, -0.1) is 5.11 Å². The maximum atomic E-state index is 12.5. The zero-order valence-corrected chi connectivity index (χ0v) is 13.8. The SMILES string of the molecule is O=C1C=C2CC(NC(=O)Cc3cccc4ccccc34)CCC2N=N1. The van der Waals surface area contributed by atoms with Crippen molar-refractivity contribution in [2.24, 2.45) is 10.2 Å². The molecular formula is C20H19N3O2. The molecule has 2 amide bonds. The van der Waals surface area contributed by atoms with Crippen LogP contribution in [0.4, 0.5) is 0 Å². The van der Waals surface area contributed by atoms with Gasteiger partial charge in [-0.05, 0) is 41.2 Å². The molecule has 1 saturated carbocycles. The summed E-state index contributed by atoms with van der Waals surface area (Å²) in [6.45, 7) is 0. The number of carbonyl (C=O) groups is 2. The molecule has 2 unspecified atom stereocenters. The van der Waals surface area contributed by atoms with E-state index in [1.807, 2.05) is 30.3 Å². The van der Waals surface area contributed by atoms with Crippen molar-refractivity contribution in [3.05, 3.63) is 59.7 Å². The molecule has 2 aromatic carbocycles. The van der Waals surface area contributed by atoms with E-state index in [0.717, 1.165) is 34.8 Å². The monoisotopic (exact) mass is 333 g/mol. The zero-order chi connectivity index (χ0) is 17.2. The van der Waals surface area contributed by atoms with E-state index in [-0.39, 0.29) is 23.9 Å². The van der Waals surface area contributed by atoms with E-state index < -0.39 is 0 Å². The summed E-state index contributed by atoms with van der Waals surface area (Å²) in [4.78, 5) is 23.9. The number of rotatable bonds is 3. The van der Waals surface area contributed by atoms with Crippen LogP contribution in [0.25, 0.3) is 10.8 Å². The second-order valence-electron chi connectivity index (χ2n) is 6.65. The average molecular weight is 333 g/mol. The Hall–Kier alpha value is -2.82. The lowest BCUT2D eigenvalue weighted by Crippen LogP contribution is -2.40. The fourth-order valence-corrected chi connectivity index (χ4v) is 3.69. The first kappa shape index (κ1) is 15.7. The normalized spacial score (nSPS) is 22.4. The molecule has 1 aliphatic carbocycles. The van der Waals surface area contributed by atoms with Crippen LogP contribution >= 0.6 is 0 Å². The maximum absolute atomic E-state index is 12.5. The van der Waals surface area contributed by atoms with Crippen LogP contribution in [0.2, 0.25) is 0 Å². The number of hydrogen-bond donors (Lipinski definition) is 1. The summed E-state index contributed by atoms with van der Waals surface area (Å²) in [5.74, 6) is -0.279. The highest BCUT2D eigenvalue weighted by atomic mass is 16.2. The van der Waals surface area contributed by atoms with Gasteiger partial charge >= 0.3 is 0 Å². The van der Waals surface area contributed by atoms with Crippen LogP contribution in [0.15, 0.2) is 64.3 Å². The summed E-state index contributed by atoms with van der Waals surface area (Å²) >= 11 is 0. The third kappa shape index (κ3) is 3.36. The lowest BCUT2D eigenvalue weighted by atomic mass is 9.86. The molecule has 5 nitrogen and oxygen atoms in total.